The van der Waals surface area contributed by atoms with Crippen molar-refractivity contribution in [2.45, 2.75) is 43.5 Å². The fraction of sp³-hybridized carbons (Fsp3) is 0.647. The van der Waals surface area contributed by atoms with Crippen molar-refractivity contribution in [2.24, 2.45) is 11.8 Å². The first-order valence-corrected chi connectivity index (χ1v) is 9.30. The Morgan fingerprint density at radius 3 is 2.81 bits per heavy atom. The molecule has 0 radical (unpaired) electrons. The summed E-state index contributed by atoms with van der Waals surface area (Å²) < 4.78 is 7.45. The predicted molar refractivity (Wildman–Crippen MR) is 88.2 cm³/mol. The van der Waals surface area contributed by atoms with Gasteiger partial charge in [0.05, 0.1) is 6.61 Å². The summed E-state index contributed by atoms with van der Waals surface area (Å²) in [5.41, 5.74) is 0.586. The van der Waals surface area contributed by atoms with Gasteiger partial charge in [0, 0.05) is 4.43 Å². The van der Waals surface area contributed by atoms with E-state index in [0.29, 0.717) is 18.4 Å². The van der Waals surface area contributed by atoms with Gasteiger partial charge in [-0.05, 0) is 43.6 Å². The van der Waals surface area contributed by atoms with E-state index in [-0.39, 0.29) is 17.3 Å². The molecule has 1 aliphatic heterocycles. The Hall–Kier alpha value is -0.170. The molecular formula is C17H21IO3. The Morgan fingerprint density at radius 2 is 2.05 bits per heavy atom. The van der Waals surface area contributed by atoms with Gasteiger partial charge in [-0.15, -0.1) is 0 Å². The normalized spacial score (nSPS) is 45.3. The molecule has 4 heteroatoms. The first kappa shape index (κ1) is 14.4. The van der Waals surface area contributed by atoms with Gasteiger partial charge < -0.3 is 4.74 Å². The van der Waals surface area contributed by atoms with Crippen molar-refractivity contribution in [1.29, 1.82) is 0 Å². The average Bonchev–Trinajstić information content (AvgIpc) is 3.08. The van der Waals surface area contributed by atoms with Crippen molar-refractivity contribution in [3.63, 3.8) is 0 Å². The van der Waals surface area contributed by atoms with E-state index in [9.17, 15) is 0 Å². The number of hydrogen-bond acceptors (Lipinski definition) is 3. The molecule has 1 saturated heterocycles. The average molecular weight is 400 g/mol. The molecule has 1 aromatic rings. The zero-order chi connectivity index (χ0) is 14.5. The van der Waals surface area contributed by atoms with E-state index in [1.54, 1.807) is 0 Å². The fourth-order valence-corrected chi connectivity index (χ4v) is 4.67. The standard InChI is InChI=1S/C17H21IO3/c1-16(10-18)11-19-17(13-5-3-2-4-6-13)14-8-7-12(9-14)15(17)20-21-16/h2-6,12,14-15H,7-11H2,1H3/t12-,14+,15+,16?,17-/m0/s1. The molecule has 3 fully saturated rings. The number of ether oxygens (including phenoxy) is 1. The highest BCUT2D eigenvalue weighted by Gasteiger charge is 2.63. The maximum absolute atomic E-state index is 6.59. The zero-order valence-corrected chi connectivity index (χ0v) is 14.4. The van der Waals surface area contributed by atoms with Gasteiger partial charge in [0.25, 0.3) is 0 Å². The number of alkyl halides is 1. The molecule has 1 heterocycles. The minimum Gasteiger partial charge on any atom is -0.364 e. The predicted octanol–water partition coefficient (Wildman–Crippen LogP) is 3.85. The molecule has 0 N–H and O–H groups in total. The smallest absolute Gasteiger partial charge is 0.133 e. The molecule has 3 nitrogen and oxygen atoms in total. The summed E-state index contributed by atoms with van der Waals surface area (Å²) in [6.07, 6.45) is 3.70. The van der Waals surface area contributed by atoms with Crippen LogP contribution in [-0.4, -0.2) is 22.7 Å². The Morgan fingerprint density at radius 1 is 1.24 bits per heavy atom. The van der Waals surface area contributed by atoms with E-state index < -0.39 is 0 Å². The van der Waals surface area contributed by atoms with Crippen LogP contribution in [0, 0.1) is 11.8 Å². The largest absolute Gasteiger partial charge is 0.364 e. The molecule has 1 unspecified atom stereocenters. The van der Waals surface area contributed by atoms with Crippen LogP contribution in [0.15, 0.2) is 30.3 Å². The molecule has 21 heavy (non-hydrogen) atoms. The van der Waals surface area contributed by atoms with Crippen LogP contribution in [-0.2, 0) is 20.1 Å². The SMILES string of the molecule is CC1(CI)CO[C@@]2(c3ccccc3)[C@@H]3CC[C@@H](C3)[C@H]2OO1. The second-order valence-electron chi connectivity index (χ2n) is 6.90. The van der Waals surface area contributed by atoms with Crippen LogP contribution in [0.2, 0.25) is 0 Å². The molecule has 114 valence electrons. The first-order chi connectivity index (χ1) is 10.2. The number of fused-ring (bicyclic) bond motifs is 5. The van der Waals surface area contributed by atoms with E-state index in [4.69, 9.17) is 14.5 Å². The zero-order valence-electron chi connectivity index (χ0n) is 12.3. The Labute approximate surface area is 139 Å². The molecule has 4 rings (SSSR count). The lowest BCUT2D eigenvalue weighted by Crippen LogP contribution is -2.47. The lowest BCUT2D eigenvalue weighted by molar-refractivity contribution is -0.379. The van der Waals surface area contributed by atoms with Gasteiger partial charge in [0.2, 0.25) is 0 Å². The molecule has 0 aromatic heterocycles. The summed E-state index contributed by atoms with van der Waals surface area (Å²) in [6, 6.07) is 10.6. The van der Waals surface area contributed by atoms with Crippen LogP contribution in [0.4, 0.5) is 0 Å². The van der Waals surface area contributed by atoms with Crippen molar-refractivity contribution in [1.82, 2.24) is 0 Å². The Balaban J connectivity index is 1.77. The third-order valence-electron chi connectivity index (χ3n) is 5.41. The molecule has 2 aliphatic carbocycles. The maximum Gasteiger partial charge on any atom is 0.133 e. The van der Waals surface area contributed by atoms with Crippen LogP contribution in [0.1, 0.15) is 31.7 Å². The Kier molecular flexibility index (Phi) is 3.56. The van der Waals surface area contributed by atoms with Crippen LogP contribution in [0.25, 0.3) is 0 Å². The van der Waals surface area contributed by atoms with E-state index in [1.165, 1.54) is 24.8 Å². The van der Waals surface area contributed by atoms with Gasteiger partial charge in [-0.1, -0.05) is 52.9 Å². The molecule has 1 aromatic carbocycles. The first-order valence-electron chi connectivity index (χ1n) is 7.78. The highest BCUT2D eigenvalue weighted by Crippen LogP contribution is 2.60. The summed E-state index contributed by atoms with van der Waals surface area (Å²) in [7, 11) is 0. The molecule has 2 saturated carbocycles. The van der Waals surface area contributed by atoms with E-state index in [1.807, 2.05) is 0 Å². The van der Waals surface area contributed by atoms with E-state index >= 15 is 0 Å². The summed E-state index contributed by atoms with van der Waals surface area (Å²) in [5.74, 6) is 1.11. The van der Waals surface area contributed by atoms with Crippen molar-refractivity contribution < 1.29 is 14.5 Å². The molecule has 0 amide bonds. The third kappa shape index (κ3) is 2.10. The number of rotatable bonds is 2. The molecular weight excluding hydrogens is 379 g/mol. The quantitative estimate of drug-likeness (QED) is 0.429. The molecule has 3 aliphatic rings. The topological polar surface area (TPSA) is 27.7 Å². The van der Waals surface area contributed by atoms with E-state index in [2.05, 4.69) is 59.8 Å². The number of hydrogen-bond donors (Lipinski definition) is 0. The number of benzene rings is 1. The molecule has 0 spiro atoms. The minimum absolute atomic E-state index is 0.0309. The van der Waals surface area contributed by atoms with Crippen LogP contribution < -0.4 is 0 Å². The second kappa shape index (κ2) is 5.18. The van der Waals surface area contributed by atoms with Gasteiger partial charge in [-0.25, -0.2) is 9.78 Å². The summed E-state index contributed by atoms with van der Waals surface area (Å²) >= 11 is 2.35. The van der Waals surface area contributed by atoms with Crippen molar-refractivity contribution in [3.05, 3.63) is 35.9 Å². The van der Waals surface area contributed by atoms with Gasteiger partial charge in [0.1, 0.15) is 17.3 Å². The lowest BCUT2D eigenvalue weighted by atomic mass is 9.76. The molecule has 5 atom stereocenters. The van der Waals surface area contributed by atoms with Crippen molar-refractivity contribution in [3.8, 4) is 0 Å². The van der Waals surface area contributed by atoms with Gasteiger partial charge in [0.15, 0.2) is 0 Å². The van der Waals surface area contributed by atoms with Crippen LogP contribution in [0.3, 0.4) is 0 Å². The highest BCUT2D eigenvalue weighted by atomic mass is 127. The third-order valence-corrected chi connectivity index (χ3v) is 7.02. The highest BCUT2D eigenvalue weighted by molar-refractivity contribution is 14.1. The molecule has 2 bridgehead atoms. The fourth-order valence-electron chi connectivity index (χ4n) is 4.32. The summed E-state index contributed by atoms with van der Waals surface area (Å²) in [5, 5.41) is 0. The van der Waals surface area contributed by atoms with E-state index in [0.717, 1.165) is 4.43 Å². The van der Waals surface area contributed by atoms with Crippen molar-refractivity contribution >= 4 is 22.6 Å². The van der Waals surface area contributed by atoms with Gasteiger partial charge >= 0.3 is 0 Å². The maximum atomic E-state index is 6.59. The van der Waals surface area contributed by atoms with Crippen LogP contribution in [0.5, 0.6) is 0 Å². The minimum atomic E-state index is -0.355. The lowest BCUT2D eigenvalue weighted by Gasteiger charge is -2.41. The number of halogens is 1. The Bertz CT molecular complexity index is 522. The monoisotopic (exact) mass is 400 g/mol. The van der Waals surface area contributed by atoms with Crippen molar-refractivity contribution in [2.75, 3.05) is 11.0 Å². The summed E-state index contributed by atoms with van der Waals surface area (Å²) in [4.78, 5) is 11.8. The van der Waals surface area contributed by atoms with Crippen LogP contribution >= 0.6 is 22.6 Å². The summed E-state index contributed by atoms with van der Waals surface area (Å²) in [6.45, 7) is 2.66. The van der Waals surface area contributed by atoms with Gasteiger partial charge in [-0.3, -0.25) is 0 Å². The second-order valence-corrected chi connectivity index (χ2v) is 7.66. The van der Waals surface area contributed by atoms with Gasteiger partial charge in [-0.2, -0.15) is 0 Å².